The van der Waals surface area contributed by atoms with Gasteiger partial charge < -0.3 is 14.9 Å². The first-order chi connectivity index (χ1) is 9.54. The Kier molecular flexibility index (Phi) is 4.49. The maximum Gasteiger partial charge on any atom is 0.320 e. The summed E-state index contributed by atoms with van der Waals surface area (Å²) < 4.78 is 5.18. The third-order valence-electron chi connectivity index (χ3n) is 4.01. The van der Waals surface area contributed by atoms with Gasteiger partial charge in [0, 0.05) is 11.6 Å². The van der Waals surface area contributed by atoms with Crippen LogP contribution in [0.2, 0.25) is 0 Å². The summed E-state index contributed by atoms with van der Waals surface area (Å²) in [6.45, 7) is 2.66. The van der Waals surface area contributed by atoms with Gasteiger partial charge in [0.2, 0.25) is 0 Å². The number of methoxy groups -OCH3 is 1. The van der Waals surface area contributed by atoms with Crippen LogP contribution in [-0.2, 0) is 4.79 Å². The second kappa shape index (κ2) is 6.13. The van der Waals surface area contributed by atoms with Gasteiger partial charge in [-0.05, 0) is 44.5 Å². The number of aromatic hydroxyl groups is 1. The number of carbonyl (C=O) groups is 1. The van der Waals surface area contributed by atoms with Crippen molar-refractivity contribution < 1.29 is 19.7 Å². The van der Waals surface area contributed by atoms with Crippen molar-refractivity contribution in [2.45, 2.75) is 38.3 Å². The van der Waals surface area contributed by atoms with Crippen molar-refractivity contribution in [3.63, 3.8) is 0 Å². The summed E-state index contributed by atoms with van der Waals surface area (Å²) in [7, 11) is 1.57. The minimum absolute atomic E-state index is 0.161. The molecule has 0 saturated carbocycles. The van der Waals surface area contributed by atoms with Crippen LogP contribution in [0.15, 0.2) is 18.2 Å². The Morgan fingerprint density at radius 3 is 2.85 bits per heavy atom. The van der Waals surface area contributed by atoms with Crippen LogP contribution in [0.25, 0.3) is 0 Å². The highest BCUT2D eigenvalue weighted by Gasteiger charge is 2.33. The van der Waals surface area contributed by atoms with Crippen molar-refractivity contribution >= 4 is 5.97 Å². The second-order valence-electron chi connectivity index (χ2n) is 5.19. The first kappa shape index (κ1) is 14.7. The van der Waals surface area contributed by atoms with E-state index in [1.807, 2.05) is 11.8 Å². The number of carboxylic acid groups (broad SMARTS) is 1. The van der Waals surface area contributed by atoms with Crippen LogP contribution in [0.1, 0.15) is 37.8 Å². The Labute approximate surface area is 118 Å². The van der Waals surface area contributed by atoms with Crippen LogP contribution in [0.4, 0.5) is 0 Å². The standard InChI is InChI=1S/C15H21NO4/c1-10(12-9-11(20-2)6-7-14(12)17)16-8-4-3-5-13(16)15(18)19/h6-7,9-10,13,17H,3-5,8H2,1-2H3,(H,18,19). The third-order valence-corrected chi connectivity index (χ3v) is 4.01. The van der Waals surface area contributed by atoms with E-state index >= 15 is 0 Å². The van der Waals surface area contributed by atoms with Crippen LogP contribution in [-0.4, -0.2) is 40.8 Å². The Balaban J connectivity index is 2.29. The molecule has 110 valence electrons. The topological polar surface area (TPSA) is 70.0 Å². The molecule has 1 aliphatic rings. The number of phenols is 1. The van der Waals surface area contributed by atoms with Gasteiger partial charge in [0.15, 0.2) is 0 Å². The van der Waals surface area contributed by atoms with E-state index in [9.17, 15) is 15.0 Å². The molecule has 5 heteroatoms. The van der Waals surface area contributed by atoms with Crippen LogP contribution >= 0.6 is 0 Å². The van der Waals surface area contributed by atoms with E-state index in [0.29, 0.717) is 17.7 Å². The van der Waals surface area contributed by atoms with E-state index in [0.717, 1.165) is 19.4 Å². The minimum atomic E-state index is -0.793. The highest BCUT2D eigenvalue weighted by atomic mass is 16.5. The SMILES string of the molecule is COc1ccc(O)c(C(C)N2CCCCC2C(=O)O)c1. The molecule has 0 aromatic heterocycles. The van der Waals surface area contributed by atoms with Crippen molar-refractivity contribution in [2.24, 2.45) is 0 Å². The first-order valence-corrected chi connectivity index (χ1v) is 6.90. The average molecular weight is 279 g/mol. The first-order valence-electron chi connectivity index (χ1n) is 6.90. The number of hydrogen-bond donors (Lipinski definition) is 2. The summed E-state index contributed by atoms with van der Waals surface area (Å²) in [6, 6.07) is 4.41. The summed E-state index contributed by atoms with van der Waals surface area (Å²) >= 11 is 0. The van der Waals surface area contributed by atoms with Crippen molar-refractivity contribution in [2.75, 3.05) is 13.7 Å². The van der Waals surface area contributed by atoms with Crippen molar-refractivity contribution in [1.29, 1.82) is 0 Å². The highest BCUT2D eigenvalue weighted by Crippen LogP contribution is 2.35. The van der Waals surface area contributed by atoms with E-state index in [4.69, 9.17) is 4.74 Å². The second-order valence-corrected chi connectivity index (χ2v) is 5.19. The maximum atomic E-state index is 11.4. The van der Waals surface area contributed by atoms with Crippen molar-refractivity contribution in [1.82, 2.24) is 4.90 Å². The van der Waals surface area contributed by atoms with Gasteiger partial charge in [-0.3, -0.25) is 9.69 Å². The van der Waals surface area contributed by atoms with E-state index in [2.05, 4.69) is 0 Å². The number of benzene rings is 1. The van der Waals surface area contributed by atoms with Gasteiger partial charge in [-0.1, -0.05) is 6.42 Å². The summed E-state index contributed by atoms with van der Waals surface area (Å²) in [5.74, 6) is 0.0421. The molecule has 1 aromatic carbocycles. The molecule has 1 fully saturated rings. The number of phenolic OH excluding ortho intramolecular Hbond substituents is 1. The number of ether oxygens (including phenoxy) is 1. The zero-order valence-corrected chi connectivity index (χ0v) is 11.9. The molecule has 2 atom stereocenters. The largest absolute Gasteiger partial charge is 0.508 e. The summed E-state index contributed by atoms with van der Waals surface area (Å²) in [5, 5.41) is 19.4. The van der Waals surface area contributed by atoms with Crippen LogP contribution in [0.3, 0.4) is 0 Å². The van der Waals surface area contributed by atoms with Crippen LogP contribution in [0.5, 0.6) is 11.5 Å². The molecular weight excluding hydrogens is 258 g/mol. The quantitative estimate of drug-likeness (QED) is 0.885. The molecule has 2 rings (SSSR count). The fourth-order valence-corrected chi connectivity index (χ4v) is 2.86. The lowest BCUT2D eigenvalue weighted by Crippen LogP contribution is -2.45. The van der Waals surface area contributed by atoms with Gasteiger partial charge in [0.25, 0.3) is 0 Å². The van der Waals surface area contributed by atoms with Gasteiger partial charge in [0.05, 0.1) is 7.11 Å². The molecule has 1 heterocycles. The van der Waals surface area contributed by atoms with Gasteiger partial charge in [0.1, 0.15) is 17.5 Å². The maximum absolute atomic E-state index is 11.4. The fourth-order valence-electron chi connectivity index (χ4n) is 2.86. The predicted octanol–water partition coefficient (Wildman–Crippen LogP) is 2.40. The van der Waals surface area contributed by atoms with E-state index < -0.39 is 12.0 Å². The molecular formula is C15H21NO4. The molecule has 1 aromatic rings. The monoisotopic (exact) mass is 279 g/mol. The number of rotatable bonds is 4. The lowest BCUT2D eigenvalue weighted by atomic mass is 9.96. The molecule has 0 radical (unpaired) electrons. The number of nitrogens with zero attached hydrogens (tertiary/aromatic N) is 1. The molecule has 1 aliphatic heterocycles. The minimum Gasteiger partial charge on any atom is -0.508 e. The smallest absolute Gasteiger partial charge is 0.320 e. The van der Waals surface area contributed by atoms with Gasteiger partial charge >= 0.3 is 5.97 Å². The number of aliphatic carboxylic acids is 1. The molecule has 2 N–H and O–H groups in total. The lowest BCUT2D eigenvalue weighted by Gasteiger charge is -2.37. The molecule has 2 unspecified atom stereocenters. The normalized spacial score (nSPS) is 21.4. The number of likely N-dealkylation sites (tertiary alicyclic amines) is 1. The molecule has 0 bridgehead atoms. The number of carboxylic acids is 1. The Morgan fingerprint density at radius 2 is 2.20 bits per heavy atom. The van der Waals surface area contributed by atoms with Crippen molar-refractivity contribution in [3.8, 4) is 11.5 Å². The van der Waals surface area contributed by atoms with E-state index in [-0.39, 0.29) is 11.8 Å². The lowest BCUT2D eigenvalue weighted by molar-refractivity contribution is -0.145. The molecule has 5 nitrogen and oxygen atoms in total. The Morgan fingerprint density at radius 1 is 1.45 bits per heavy atom. The molecule has 1 saturated heterocycles. The van der Waals surface area contributed by atoms with Crippen LogP contribution in [0, 0.1) is 0 Å². The zero-order chi connectivity index (χ0) is 14.7. The van der Waals surface area contributed by atoms with Crippen LogP contribution < -0.4 is 4.74 Å². The fraction of sp³-hybridized carbons (Fsp3) is 0.533. The predicted molar refractivity (Wildman–Crippen MR) is 75.1 cm³/mol. The summed E-state index contributed by atoms with van der Waals surface area (Å²) in [6.07, 6.45) is 2.58. The van der Waals surface area contributed by atoms with Crippen molar-refractivity contribution in [3.05, 3.63) is 23.8 Å². The highest BCUT2D eigenvalue weighted by molar-refractivity contribution is 5.73. The Hall–Kier alpha value is -1.75. The molecule has 0 spiro atoms. The number of hydrogen-bond acceptors (Lipinski definition) is 4. The number of piperidine rings is 1. The van der Waals surface area contributed by atoms with E-state index in [1.54, 1.807) is 25.3 Å². The zero-order valence-electron chi connectivity index (χ0n) is 11.9. The van der Waals surface area contributed by atoms with Gasteiger partial charge in [-0.2, -0.15) is 0 Å². The van der Waals surface area contributed by atoms with E-state index in [1.165, 1.54) is 0 Å². The van der Waals surface area contributed by atoms with Gasteiger partial charge in [-0.25, -0.2) is 0 Å². The van der Waals surface area contributed by atoms with Gasteiger partial charge in [-0.15, -0.1) is 0 Å². The Bertz CT molecular complexity index is 489. The summed E-state index contributed by atoms with van der Waals surface area (Å²) in [4.78, 5) is 13.3. The molecule has 0 aliphatic carbocycles. The summed E-state index contributed by atoms with van der Waals surface area (Å²) in [5.41, 5.74) is 0.706. The third kappa shape index (κ3) is 2.88. The molecule has 20 heavy (non-hydrogen) atoms. The average Bonchev–Trinajstić information content (AvgIpc) is 2.47. The molecule has 0 amide bonds.